The van der Waals surface area contributed by atoms with E-state index >= 15 is 0 Å². The van der Waals surface area contributed by atoms with Gasteiger partial charge in [-0.3, -0.25) is 9.97 Å². The Bertz CT molecular complexity index is 1060. The zero-order chi connectivity index (χ0) is 20.6. The molecule has 0 aliphatic carbocycles. The van der Waals surface area contributed by atoms with Gasteiger partial charge in [0.05, 0.1) is 11.4 Å². The van der Waals surface area contributed by atoms with Gasteiger partial charge >= 0.3 is 0 Å². The Balaban J connectivity index is 1.28. The second-order valence-corrected chi connectivity index (χ2v) is 7.46. The molecule has 0 aromatic carbocycles. The van der Waals surface area contributed by atoms with Crippen LogP contribution in [0, 0.1) is 0 Å². The molecule has 0 fully saturated rings. The van der Waals surface area contributed by atoms with Crippen LogP contribution < -0.4 is 9.13 Å². The zero-order valence-electron chi connectivity index (χ0n) is 17.5. The fourth-order valence-electron chi connectivity index (χ4n) is 3.57. The maximum Gasteiger partial charge on any atom is 0.169 e. The lowest BCUT2D eigenvalue weighted by Gasteiger charge is -2.04. The third-order valence-corrected chi connectivity index (χ3v) is 5.36. The molecular formula is C26H28N4+2. The zero-order valence-corrected chi connectivity index (χ0v) is 17.5. The van der Waals surface area contributed by atoms with Crippen LogP contribution in [0.5, 0.6) is 0 Å². The quantitative estimate of drug-likeness (QED) is 0.326. The van der Waals surface area contributed by atoms with Crippen molar-refractivity contribution in [1.82, 2.24) is 9.97 Å². The molecule has 0 N–H and O–H groups in total. The molecule has 0 radical (unpaired) electrons. The van der Waals surface area contributed by atoms with Crippen molar-refractivity contribution in [2.24, 2.45) is 0 Å². The molecule has 4 heterocycles. The van der Waals surface area contributed by atoms with Crippen LogP contribution in [0.15, 0.2) is 91.8 Å². The summed E-state index contributed by atoms with van der Waals surface area (Å²) in [6, 6.07) is 19.0. The molecule has 4 aromatic rings. The van der Waals surface area contributed by atoms with E-state index in [9.17, 15) is 0 Å². The van der Waals surface area contributed by atoms with E-state index in [0.717, 1.165) is 43.7 Å². The van der Waals surface area contributed by atoms with Crippen molar-refractivity contribution in [1.29, 1.82) is 0 Å². The molecule has 150 valence electrons. The fraction of sp³-hybridized carbons (Fsp3) is 0.231. The van der Waals surface area contributed by atoms with Gasteiger partial charge in [-0.05, 0) is 60.7 Å². The molecule has 30 heavy (non-hydrogen) atoms. The van der Waals surface area contributed by atoms with Crippen LogP contribution in [0.25, 0.3) is 22.5 Å². The lowest BCUT2D eigenvalue weighted by molar-refractivity contribution is -0.697. The van der Waals surface area contributed by atoms with Crippen molar-refractivity contribution in [2.45, 2.75) is 39.3 Å². The summed E-state index contributed by atoms with van der Waals surface area (Å²) < 4.78 is 4.44. The minimum atomic E-state index is 0.929. The van der Waals surface area contributed by atoms with Gasteiger partial charge < -0.3 is 0 Å². The van der Waals surface area contributed by atoms with Crippen molar-refractivity contribution in [3.8, 4) is 22.5 Å². The maximum atomic E-state index is 4.46. The predicted molar refractivity (Wildman–Crippen MR) is 118 cm³/mol. The molecule has 0 saturated heterocycles. The summed E-state index contributed by atoms with van der Waals surface area (Å²) >= 11 is 0. The summed E-state index contributed by atoms with van der Waals surface area (Å²) in [5.74, 6) is 0. The Labute approximate surface area is 178 Å². The molecule has 4 heteroatoms. The lowest BCUT2D eigenvalue weighted by atomic mass is 10.1. The average Bonchev–Trinajstić information content (AvgIpc) is 2.83. The Morgan fingerprint density at radius 3 is 2.07 bits per heavy atom. The van der Waals surface area contributed by atoms with E-state index < -0.39 is 0 Å². The smallest absolute Gasteiger partial charge is 0.169 e. The molecule has 0 spiro atoms. The van der Waals surface area contributed by atoms with Crippen LogP contribution >= 0.6 is 0 Å². The fourth-order valence-corrected chi connectivity index (χ4v) is 3.57. The van der Waals surface area contributed by atoms with E-state index in [-0.39, 0.29) is 0 Å². The second-order valence-electron chi connectivity index (χ2n) is 7.46. The molecule has 0 saturated carbocycles. The molecule has 0 aliphatic heterocycles. The number of aromatic nitrogens is 4. The molecule has 0 unspecified atom stereocenters. The highest BCUT2D eigenvalue weighted by Gasteiger charge is 2.06. The lowest BCUT2D eigenvalue weighted by Crippen LogP contribution is -2.32. The maximum absolute atomic E-state index is 4.46. The van der Waals surface area contributed by atoms with Gasteiger partial charge in [0.1, 0.15) is 13.1 Å². The van der Waals surface area contributed by atoms with Crippen LogP contribution in [0.4, 0.5) is 0 Å². The third-order valence-electron chi connectivity index (χ3n) is 5.36. The summed E-state index contributed by atoms with van der Waals surface area (Å²) in [4.78, 5) is 8.86. The summed E-state index contributed by atoms with van der Waals surface area (Å²) in [5, 5.41) is 0. The molecule has 0 atom stereocenters. The highest BCUT2D eigenvalue weighted by atomic mass is 14.9. The van der Waals surface area contributed by atoms with Gasteiger partial charge in [0.25, 0.3) is 0 Å². The molecule has 0 aliphatic rings. The summed E-state index contributed by atoms with van der Waals surface area (Å²) in [6.45, 7) is 4.18. The van der Waals surface area contributed by atoms with Crippen LogP contribution in [0.3, 0.4) is 0 Å². The first kappa shape index (κ1) is 19.9. The number of unbranched alkanes of at least 4 members (excludes halogenated alkanes) is 1. The third kappa shape index (κ3) is 5.15. The van der Waals surface area contributed by atoms with Crippen LogP contribution in [-0.4, -0.2) is 9.97 Å². The van der Waals surface area contributed by atoms with Crippen LogP contribution in [0.2, 0.25) is 0 Å². The van der Waals surface area contributed by atoms with E-state index in [2.05, 4.69) is 87.2 Å². The highest BCUT2D eigenvalue weighted by molar-refractivity contribution is 5.61. The molecule has 4 nitrogen and oxygen atoms in total. The minimum Gasteiger partial charge on any atom is -0.255 e. The van der Waals surface area contributed by atoms with Crippen molar-refractivity contribution in [3.63, 3.8) is 0 Å². The monoisotopic (exact) mass is 396 g/mol. The number of hydrogen-bond donors (Lipinski definition) is 0. The van der Waals surface area contributed by atoms with Gasteiger partial charge in [0, 0.05) is 43.1 Å². The van der Waals surface area contributed by atoms with Gasteiger partial charge in [-0.2, -0.15) is 0 Å². The molecule has 0 bridgehead atoms. The molecule has 4 aromatic heterocycles. The minimum absolute atomic E-state index is 0.929. The molecule has 4 rings (SSSR count). The van der Waals surface area contributed by atoms with E-state index in [1.165, 1.54) is 16.7 Å². The van der Waals surface area contributed by atoms with E-state index in [1.807, 2.05) is 30.6 Å². The predicted octanol–water partition coefficient (Wildman–Crippen LogP) is 4.43. The number of hydrogen-bond acceptors (Lipinski definition) is 2. The Hall–Kier alpha value is -3.40. The van der Waals surface area contributed by atoms with E-state index in [0.29, 0.717) is 0 Å². The van der Waals surface area contributed by atoms with Gasteiger partial charge in [-0.1, -0.05) is 6.07 Å². The largest absolute Gasteiger partial charge is 0.255 e. The summed E-state index contributed by atoms with van der Waals surface area (Å²) in [7, 11) is 0. The number of pyridine rings is 4. The molecule has 0 amide bonds. The van der Waals surface area contributed by atoms with Gasteiger partial charge in [0.2, 0.25) is 0 Å². The standard InChI is InChI=1S/C26H28N4/c1-2-29-17-10-23(11-18-29)24-12-19-30(20-13-24)16-6-4-7-22-9-15-28-26(21-22)25-8-3-5-14-27-25/h3,5,8-15,17-21H,2,4,6-7,16H2,1H3/q+2. The van der Waals surface area contributed by atoms with Crippen molar-refractivity contribution in [2.75, 3.05) is 0 Å². The van der Waals surface area contributed by atoms with Crippen molar-refractivity contribution in [3.05, 3.63) is 97.3 Å². The first-order valence-corrected chi connectivity index (χ1v) is 10.7. The number of nitrogens with zero attached hydrogens (tertiary/aromatic N) is 4. The average molecular weight is 397 g/mol. The van der Waals surface area contributed by atoms with E-state index in [1.54, 1.807) is 0 Å². The topological polar surface area (TPSA) is 33.5 Å². The van der Waals surface area contributed by atoms with Crippen molar-refractivity contribution >= 4 is 0 Å². The van der Waals surface area contributed by atoms with Gasteiger partial charge in [-0.15, -0.1) is 0 Å². The summed E-state index contributed by atoms with van der Waals surface area (Å²) in [5.41, 5.74) is 5.71. The summed E-state index contributed by atoms with van der Waals surface area (Å²) in [6.07, 6.45) is 15.7. The SMILES string of the molecule is CC[n+]1ccc(-c2cc[n+](CCCCc3ccnc(-c4ccccn4)c3)cc2)cc1. The van der Waals surface area contributed by atoms with E-state index in [4.69, 9.17) is 0 Å². The number of rotatable bonds is 8. The Morgan fingerprint density at radius 2 is 1.40 bits per heavy atom. The van der Waals surface area contributed by atoms with Gasteiger partial charge in [-0.25, -0.2) is 9.13 Å². The molecular weight excluding hydrogens is 368 g/mol. The second kappa shape index (κ2) is 9.88. The Morgan fingerprint density at radius 1 is 0.700 bits per heavy atom. The van der Waals surface area contributed by atoms with Crippen molar-refractivity contribution < 1.29 is 9.13 Å². The first-order chi connectivity index (χ1) is 14.8. The van der Waals surface area contributed by atoms with Crippen LogP contribution in [-0.2, 0) is 19.5 Å². The number of aryl methyl sites for hydroxylation is 3. The Kier molecular flexibility index (Phi) is 6.55. The highest BCUT2D eigenvalue weighted by Crippen LogP contribution is 2.17. The van der Waals surface area contributed by atoms with Gasteiger partial charge in [0.15, 0.2) is 24.8 Å². The first-order valence-electron chi connectivity index (χ1n) is 10.7. The van der Waals surface area contributed by atoms with Crippen LogP contribution in [0.1, 0.15) is 25.3 Å². The normalized spacial score (nSPS) is 10.8.